The quantitative estimate of drug-likeness (QED) is 0.341. The molecular formula is C27H31N5O5. The van der Waals surface area contributed by atoms with Crippen molar-refractivity contribution in [2.24, 2.45) is 0 Å². The monoisotopic (exact) mass is 505 g/mol. The molecule has 1 atom stereocenters. The van der Waals surface area contributed by atoms with Crippen LogP contribution >= 0.6 is 0 Å². The van der Waals surface area contributed by atoms with Crippen LogP contribution in [0.5, 0.6) is 11.5 Å². The second-order valence-electron chi connectivity index (χ2n) is 8.72. The van der Waals surface area contributed by atoms with E-state index in [1.165, 1.54) is 7.11 Å². The molecule has 0 fully saturated rings. The van der Waals surface area contributed by atoms with Crippen LogP contribution in [0.25, 0.3) is 11.2 Å². The molecule has 0 saturated heterocycles. The van der Waals surface area contributed by atoms with E-state index in [1.54, 1.807) is 39.3 Å². The number of hydrogen-bond donors (Lipinski definition) is 1. The summed E-state index contributed by atoms with van der Waals surface area (Å²) in [4.78, 5) is 28.1. The number of imidazole rings is 1. The van der Waals surface area contributed by atoms with Gasteiger partial charge in [-0.3, -0.25) is 0 Å². The third-order valence-corrected chi connectivity index (χ3v) is 6.04. The zero-order valence-corrected chi connectivity index (χ0v) is 21.8. The standard InChI is InChI=1S/C27H31N5O5/c1-16(33)24-30-23-25(31(3)15-20-10-11-21(35-4)13-22(20)36-5)28-17(2)29-26(23)32(24)14-18-8-7-9-19(12-18)27(34)37-6/h7-13,16,33H,14-15H2,1-6H3. The summed E-state index contributed by atoms with van der Waals surface area (Å²) in [7, 11) is 6.51. The predicted octanol–water partition coefficient (Wildman–Crippen LogP) is 3.68. The Morgan fingerprint density at radius 2 is 1.86 bits per heavy atom. The number of anilines is 1. The average molecular weight is 506 g/mol. The minimum Gasteiger partial charge on any atom is -0.497 e. The van der Waals surface area contributed by atoms with Crippen LogP contribution in [-0.4, -0.2) is 59.0 Å². The number of rotatable bonds is 9. The molecule has 4 rings (SSSR count). The van der Waals surface area contributed by atoms with Gasteiger partial charge in [-0.2, -0.15) is 0 Å². The average Bonchev–Trinajstić information content (AvgIpc) is 3.26. The molecule has 0 saturated carbocycles. The topological polar surface area (TPSA) is 112 Å². The van der Waals surface area contributed by atoms with Crippen LogP contribution in [0.15, 0.2) is 42.5 Å². The molecule has 37 heavy (non-hydrogen) atoms. The maximum atomic E-state index is 12.0. The normalized spacial score (nSPS) is 11.9. The predicted molar refractivity (Wildman–Crippen MR) is 139 cm³/mol. The van der Waals surface area contributed by atoms with Gasteiger partial charge in [0.1, 0.15) is 29.3 Å². The first-order valence-electron chi connectivity index (χ1n) is 11.8. The molecule has 4 aromatic rings. The van der Waals surface area contributed by atoms with Crippen molar-refractivity contribution < 1.29 is 24.1 Å². The molecule has 1 N–H and O–H groups in total. The van der Waals surface area contributed by atoms with Crippen molar-refractivity contribution in [2.75, 3.05) is 33.3 Å². The van der Waals surface area contributed by atoms with E-state index in [2.05, 4.69) is 9.97 Å². The van der Waals surface area contributed by atoms with Crippen molar-refractivity contribution in [1.82, 2.24) is 19.5 Å². The van der Waals surface area contributed by atoms with Gasteiger partial charge in [-0.15, -0.1) is 0 Å². The summed E-state index contributed by atoms with van der Waals surface area (Å²) in [5, 5.41) is 10.6. The number of ether oxygens (including phenoxy) is 3. The number of carbonyl (C=O) groups excluding carboxylic acids is 1. The Hall–Kier alpha value is -4.18. The third-order valence-electron chi connectivity index (χ3n) is 6.04. The minimum absolute atomic E-state index is 0.355. The SMILES string of the molecule is COC(=O)c1cccc(Cn2c(C(C)O)nc3c(N(C)Cc4ccc(OC)cc4OC)nc(C)nc32)c1. The summed E-state index contributed by atoms with van der Waals surface area (Å²) in [5.41, 5.74) is 3.40. The number of benzene rings is 2. The number of aryl methyl sites for hydroxylation is 1. The van der Waals surface area contributed by atoms with Gasteiger partial charge < -0.3 is 28.8 Å². The van der Waals surface area contributed by atoms with Gasteiger partial charge >= 0.3 is 5.97 Å². The lowest BCUT2D eigenvalue weighted by Crippen LogP contribution is -2.19. The van der Waals surface area contributed by atoms with Crippen LogP contribution in [-0.2, 0) is 17.8 Å². The Labute approximate surface area is 215 Å². The fourth-order valence-corrected chi connectivity index (χ4v) is 4.26. The van der Waals surface area contributed by atoms with E-state index in [-0.39, 0.29) is 0 Å². The lowest BCUT2D eigenvalue weighted by Gasteiger charge is -2.20. The van der Waals surface area contributed by atoms with Crippen LogP contribution in [0.3, 0.4) is 0 Å². The van der Waals surface area contributed by atoms with Crippen molar-refractivity contribution >= 4 is 23.0 Å². The summed E-state index contributed by atoms with van der Waals surface area (Å²) in [6.45, 7) is 4.33. The molecule has 1 unspecified atom stereocenters. The highest BCUT2D eigenvalue weighted by molar-refractivity contribution is 5.89. The van der Waals surface area contributed by atoms with Crippen LogP contribution < -0.4 is 14.4 Å². The maximum Gasteiger partial charge on any atom is 0.337 e. The fourth-order valence-electron chi connectivity index (χ4n) is 4.26. The smallest absolute Gasteiger partial charge is 0.337 e. The zero-order chi connectivity index (χ0) is 26.7. The molecule has 0 radical (unpaired) electrons. The van der Waals surface area contributed by atoms with Crippen LogP contribution in [0, 0.1) is 6.92 Å². The van der Waals surface area contributed by atoms with Gasteiger partial charge in [-0.1, -0.05) is 12.1 Å². The third kappa shape index (κ3) is 5.34. The number of hydrogen-bond acceptors (Lipinski definition) is 9. The Morgan fingerprint density at radius 1 is 1.08 bits per heavy atom. The Kier molecular flexibility index (Phi) is 7.58. The van der Waals surface area contributed by atoms with Gasteiger partial charge in [0.2, 0.25) is 0 Å². The highest BCUT2D eigenvalue weighted by Gasteiger charge is 2.22. The highest BCUT2D eigenvalue weighted by atomic mass is 16.5. The van der Waals surface area contributed by atoms with Crippen molar-refractivity contribution in [3.63, 3.8) is 0 Å². The molecule has 0 spiro atoms. The largest absolute Gasteiger partial charge is 0.497 e. The number of nitrogens with zero attached hydrogens (tertiary/aromatic N) is 5. The molecule has 0 aliphatic carbocycles. The fraction of sp³-hybridized carbons (Fsp3) is 0.333. The van der Waals surface area contributed by atoms with Crippen molar-refractivity contribution in [2.45, 2.75) is 33.0 Å². The molecule has 2 aromatic heterocycles. The highest BCUT2D eigenvalue weighted by Crippen LogP contribution is 2.31. The summed E-state index contributed by atoms with van der Waals surface area (Å²) in [6, 6.07) is 12.8. The van der Waals surface area contributed by atoms with E-state index in [1.807, 2.05) is 47.7 Å². The second-order valence-corrected chi connectivity index (χ2v) is 8.72. The molecule has 194 valence electrons. The van der Waals surface area contributed by atoms with Crippen LogP contribution in [0.2, 0.25) is 0 Å². The van der Waals surface area contributed by atoms with Crippen molar-refractivity contribution in [3.05, 3.63) is 70.8 Å². The van der Waals surface area contributed by atoms with Gasteiger partial charge in [0.25, 0.3) is 0 Å². The Balaban J connectivity index is 1.77. The molecule has 10 nitrogen and oxygen atoms in total. The first-order chi connectivity index (χ1) is 17.7. The van der Waals surface area contributed by atoms with Gasteiger partial charge in [0.05, 0.1) is 33.4 Å². The molecule has 10 heteroatoms. The van der Waals surface area contributed by atoms with E-state index in [9.17, 15) is 9.90 Å². The summed E-state index contributed by atoms with van der Waals surface area (Å²) < 4.78 is 17.6. The van der Waals surface area contributed by atoms with Crippen molar-refractivity contribution in [3.8, 4) is 11.5 Å². The van der Waals surface area contributed by atoms with Crippen LogP contribution in [0.1, 0.15) is 46.2 Å². The van der Waals surface area contributed by atoms with E-state index >= 15 is 0 Å². The van der Waals surface area contributed by atoms with Gasteiger partial charge in [-0.05, 0) is 43.7 Å². The van der Waals surface area contributed by atoms with E-state index in [0.29, 0.717) is 58.8 Å². The summed E-state index contributed by atoms with van der Waals surface area (Å²) >= 11 is 0. The molecule has 0 bridgehead atoms. The molecule has 2 heterocycles. The molecule has 0 amide bonds. The van der Waals surface area contributed by atoms with Gasteiger partial charge in [0, 0.05) is 25.2 Å². The number of esters is 1. The summed E-state index contributed by atoms with van der Waals surface area (Å²) in [5.74, 6) is 2.65. The Morgan fingerprint density at radius 3 is 2.54 bits per heavy atom. The zero-order valence-electron chi connectivity index (χ0n) is 21.8. The number of methoxy groups -OCH3 is 3. The molecule has 0 aliphatic heterocycles. The first-order valence-corrected chi connectivity index (χ1v) is 11.8. The van der Waals surface area contributed by atoms with Gasteiger partial charge in [0.15, 0.2) is 17.0 Å². The number of fused-ring (bicyclic) bond motifs is 1. The number of aliphatic hydroxyl groups is 1. The molecule has 2 aromatic carbocycles. The van der Waals surface area contributed by atoms with Gasteiger partial charge in [-0.25, -0.2) is 19.7 Å². The van der Waals surface area contributed by atoms with E-state index in [0.717, 1.165) is 11.1 Å². The first kappa shape index (κ1) is 25.9. The number of carbonyl (C=O) groups is 1. The van der Waals surface area contributed by atoms with Crippen LogP contribution in [0.4, 0.5) is 5.82 Å². The molecule has 0 aliphatic rings. The second kappa shape index (κ2) is 10.8. The molecular weight excluding hydrogens is 474 g/mol. The summed E-state index contributed by atoms with van der Waals surface area (Å²) in [6.07, 6.45) is -0.849. The minimum atomic E-state index is -0.849. The Bertz CT molecular complexity index is 1430. The number of aliphatic hydroxyl groups excluding tert-OH is 1. The van der Waals surface area contributed by atoms with Crippen molar-refractivity contribution in [1.29, 1.82) is 0 Å². The number of aromatic nitrogens is 4. The lowest BCUT2D eigenvalue weighted by molar-refractivity contribution is 0.0600. The lowest BCUT2D eigenvalue weighted by atomic mass is 10.1. The van der Waals surface area contributed by atoms with E-state index in [4.69, 9.17) is 19.2 Å². The van der Waals surface area contributed by atoms with E-state index < -0.39 is 12.1 Å². The maximum absolute atomic E-state index is 12.0.